The zero-order chi connectivity index (χ0) is 23.1. The van der Waals surface area contributed by atoms with Crippen LogP contribution in [0.4, 0.5) is 0 Å². The van der Waals surface area contributed by atoms with Crippen LogP contribution in [-0.2, 0) is 9.53 Å². The van der Waals surface area contributed by atoms with Crippen molar-refractivity contribution in [2.24, 2.45) is 0 Å². The van der Waals surface area contributed by atoms with Crippen LogP contribution < -0.4 is 5.32 Å². The van der Waals surface area contributed by atoms with Crippen LogP contribution in [0.2, 0.25) is 0 Å². The lowest BCUT2D eigenvalue weighted by Gasteiger charge is -2.35. The second kappa shape index (κ2) is 11.4. The van der Waals surface area contributed by atoms with E-state index in [-0.39, 0.29) is 30.3 Å². The number of nitrogens with one attached hydrogen (secondary N) is 1. The first kappa shape index (κ1) is 24.2. The molecule has 1 N–H and O–H groups in total. The standard InChI is InChI=1S/C24H34N4O3S/c1-4-31-21(29)16-18(3)26-24(32)28-14-10-19(11-15-28)22-20(9-8-17(2)25-22)23(30)27-12-6-5-7-13-27/h5-6,8-9,18-19H,4,7,10-16H2,1-3H3,(H,26,32). The molecule has 1 amide bonds. The Balaban J connectivity index is 1.60. The fraction of sp³-hybridized carbons (Fsp3) is 0.583. The van der Waals surface area contributed by atoms with Crippen LogP contribution in [0.5, 0.6) is 0 Å². The van der Waals surface area contributed by atoms with E-state index in [1.807, 2.05) is 30.9 Å². The summed E-state index contributed by atoms with van der Waals surface area (Å²) in [4.78, 5) is 33.7. The number of carbonyl (C=O) groups is 2. The van der Waals surface area contributed by atoms with Gasteiger partial charge in [-0.3, -0.25) is 14.6 Å². The Morgan fingerprint density at radius 2 is 1.97 bits per heavy atom. The van der Waals surface area contributed by atoms with E-state index in [0.717, 1.165) is 55.8 Å². The second-order valence-corrected chi connectivity index (χ2v) is 8.90. The van der Waals surface area contributed by atoms with E-state index in [1.165, 1.54) is 0 Å². The molecule has 0 bridgehead atoms. The van der Waals surface area contributed by atoms with E-state index in [1.54, 1.807) is 6.92 Å². The van der Waals surface area contributed by atoms with Crippen molar-refractivity contribution in [3.63, 3.8) is 0 Å². The highest BCUT2D eigenvalue weighted by atomic mass is 32.1. The number of ether oxygens (including phenoxy) is 1. The Morgan fingerprint density at radius 3 is 2.62 bits per heavy atom. The average Bonchev–Trinajstić information content (AvgIpc) is 2.79. The van der Waals surface area contributed by atoms with Crippen molar-refractivity contribution < 1.29 is 14.3 Å². The minimum Gasteiger partial charge on any atom is -0.466 e. The molecule has 1 unspecified atom stereocenters. The molecule has 3 rings (SSSR count). The number of hydrogen-bond donors (Lipinski definition) is 1. The molecule has 1 fully saturated rings. The quantitative estimate of drug-likeness (QED) is 0.399. The summed E-state index contributed by atoms with van der Waals surface area (Å²) >= 11 is 5.58. The van der Waals surface area contributed by atoms with Gasteiger partial charge in [0, 0.05) is 43.8 Å². The van der Waals surface area contributed by atoms with E-state index < -0.39 is 0 Å². The monoisotopic (exact) mass is 458 g/mol. The van der Waals surface area contributed by atoms with Crippen LogP contribution in [-0.4, -0.2) is 70.6 Å². The molecule has 1 aromatic rings. The number of hydrogen-bond acceptors (Lipinski definition) is 5. The van der Waals surface area contributed by atoms with Gasteiger partial charge in [0.25, 0.3) is 5.91 Å². The van der Waals surface area contributed by atoms with Gasteiger partial charge in [0.1, 0.15) is 0 Å². The molecule has 0 aliphatic carbocycles. The van der Waals surface area contributed by atoms with Crippen molar-refractivity contribution in [3.05, 3.63) is 41.2 Å². The molecule has 7 nitrogen and oxygen atoms in total. The summed E-state index contributed by atoms with van der Waals surface area (Å²) in [6.45, 7) is 9.09. The van der Waals surface area contributed by atoms with Gasteiger partial charge in [0.2, 0.25) is 0 Å². The molecule has 0 spiro atoms. The highest BCUT2D eigenvalue weighted by molar-refractivity contribution is 7.80. The number of esters is 1. The van der Waals surface area contributed by atoms with Crippen LogP contribution >= 0.6 is 12.2 Å². The Morgan fingerprint density at radius 1 is 1.22 bits per heavy atom. The van der Waals surface area contributed by atoms with E-state index in [4.69, 9.17) is 21.9 Å². The molecule has 8 heteroatoms. The summed E-state index contributed by atoms with van der Waals surface area (Å²) < 4.78 is 5.01. The molecule has 0 radical (unpaired) electrons. The fourth-order valence-electron chi connectivity index (χ4n) is 4.24. The van der Waals surface area contributed by atoms with Crippen molar-refractivity contribution in [3.8, 4) is 0 Å². The normalized spacial score (nSPS) is 17.7. The Labute approximate surface area is 196 Å². The van der Waals surface area contributed by atoms with Crippen molar-refractivity contribution in [2.45, 2.75) is 58.4 Å². The number of amides is 1. The van der Waals surface area contributed by atoms with Gasteiger partial charge in [-0.25, -0.2) is 0 Å². The number of nitrogens with zero attached hydrogens (tertiary/aromatic N) is 3. The molecular weight excluding hydrogens is 424 g/mol. The fourth-order valence-corrected chi connectivity index (χ4v) is 4.63. The minimum atomic E-state index is -0.221. The van der Waals surface area contributed by atoms with Gasteiger partial charge in [-0.15, -0.1) is 0 Å². The maximum absolute atomic E-state index is 13.2. The largest absolute Gasteiger partial charge is 0.466 e. The lowest BCUT2D eigenvalue weighted by Crippen LogP contribution is -2.47. The Bertz CT molecular complexity index is 865. The van der Waals surface area contributed by atoms with Crippen molar-refractivity contribution in [1.29, 1.82) is 0 Å². The van der Waals surface area contributed by atoms with Crippen molar-refractivity contribution in [2.75, 3.05) is 32.8 Å². The summed E-state index contributed by atoms with van der Waals surface area (Å²) in [5, 5.41) is 3.91. The Hall–Kier alpha value is -2.48. The second-order valence-electron chi connectivity index (χ2n) is 8.52. The van der Waals surface area contributed by atoms with E-state index >= 15 is 0 Å². The van der Waals surface area contributed by atoms with Gasteiger partial charge in [0.05, 0.1) is 24.3 Å². The van der Waals surface area contributed by atoms with Crippen LogP contribution in [0.25, 0.3) is 0 Å². The molecule has 1 atom stereocenters. The lowest BCUT2D eigenvalue weighted by atomic mass is 9.89. The lowest BCUT2D eigenvalue weighted by molar-refractivity contribution is -0.143. The van der Waals surface area contributed by atoms with Crippen molar-refractivity contribution >= 4 is 29.2 Å². The van der Waals surface area contributed by atoms with Crippen LogP contribution in [0, 0.1) is 6.92 Å². The average molecular weight is 459 g/mol. The number of aromatic nitrogens is 1. The van der Waals surface area contributed by atoms with Gasteiger partial charge in [-0.05, 0) is 64.4 Å². The molecule has 0 aromatic carbocycles. The van der Waals surface area contributed by atoms with E-state index in [0.29, 0.717) is 18.3 Å². The first-order chi connectivity index (χ1) is 15.4. The molecule has 0 saturated carbocycles. The third kappa shape index (κ3) is 6.28. The number of thiocarbonyl (C=S) groups is 1. The summed E-state index contributed by atoms with van der Waals surface area (Å²) in [6.07, 6.45) is 7.12. The van der Waals surface area contributed by atoms with Gasteiger partial charge < -0.3 is 19.9 Å². The molecule has 1 aromatic heterocycles. The van der Waals surface area contributed by atoms with Crippen LogP contribution in [0.3, 0.4) is 0 Å². The topological polar surface area (TPSA) is 74.8 Å². The number of carbonyl (C=O) groups excluding carboxylic acids is 2. The highest BCUT2D eigenvalue weighted by Crippen LogP contribution is 2.30. The molecule has 2 aliphatic heterocycles. The predicted octanol–water partition coefficient (Wildman–Crippen LogP) is 3.19. The van der Waals surface area contributed by atoms with Crippen LogP contribution in [0.15, 0.2) is 24.3 Å². The number of piperidine rings is 1. The molecule has 174 valence electrons. The molecule has 1 saturated heterocycles. The number of aryl methyl sites for hydroxylation is 1. The van der Waals surface area contributed by atoms with E-state index in [9.17, 15) is 9.59 Å². The van der Waals surface area contributed by atoms with Gasteiger partial charge in [-0.1, -0.05) is 12.2 Å². The minimum absolute atomic E-state index is 0.0734. The smallest absolute Gasteiger partial charge is 0.307 e. The van der Waals surface area contributed by atoms with Gasteiger partial charge in [-0.2, -0.15) is 0 Å². The zero-order valence-corrected chi connectivity index (χ0v) is 20.1. The van der Waals surface area contributed by atoms with Gasteiger partial charge in [0.15, 0.2) is 5.11 Å². The van der Waals surface area contributed by atoms with Crippen LogP contribution in [0.1, 0.15) is 67.2 Å². The SMILES string of the molecule is CCOC(=O)CC(C)NC(=S)N1CCC(c2nc(C)ccc2C(=O)N2CC=CCC2)CC1. The molecular formula is C24H34N4O3S. The maximum Gasteiger partial charge on any atom is 0.307 e. The number of rotatable bonds is 6. The summed E-state index contributed by atoms with van der Waals surface area (Å²) in [6, 6.07) is 3.78. The highest BCUT2D eigenvalue weighted by Gasteiger charge is 2.29. The van der Waals surface area contributed by atoms with E-state index in [2.05, 4.69) is 22.4 Å². The molecule has 3 heterocycles. The first-order valence-corrected chi connectivity index (χ1v) is 11.9. The third-order valence-electron chi connectivity index (χ3n) is 5.96. The maximum atomic E-state index is 13.2. The molecule has 2 aliphatic rings. The summed E-state index contributed by atoms with van der Waals surface area (Å²) in [7, 11) is 0. The third-order valence-corrected chi connectivity index (χ3v) is 6.33. The summed E-state index contributed by atoms with van der Waals surface area (Å²) in [5.74, 6) is 0.0790. The number of pyridine rings is 1. The predicted molar refractivity (Wildman–Crippen MR) is 129 cm³/mol. The van der Waals surface area contributed by atoms with Gasteiger partial charge >= 0.3 is 5.97 Å². The number of likely N-dealkylation sites (tertiary alicyclic amines) is 1. The summed E-state index contributed by atoms with van der Waals surface area (Å²) in [5.41, 5.74) is 2.58. The van der Waals surface area contributed by atoms with Crippen molar-refractivity contribution in [1.82, 2.24) is 20.1 Å². The zero-order valence-electron chi connectivity index (χ0n) is 19.3. The molecule has 32 heavy (non-hydrogen) atoms. The Kier molecular flexibility index (Phi) is 8.61. The first-order valence-electron chi connectivity index (χ1n) is 11.5.